The molecule has 18 heavy (non-hydrogen) atoms. The van der Waals surface area contributed by atoms with Crippen molar-refractivity contribution in [1.29, 1.82) is 5.26 Å². The first-order chi connectivity index (χ1) is 8.63. The van der Waals surface area contributed by atoms with Crippen molar-refractivity contribution >= 4 is 11.5 Å². The average molecular weight is 248 g/mol. The smallest absolute Gasteiger partial charge is 0.144 e. The number of nitrogens with two attached hydrogens (primary N) is 1. The van der Waals surface area contributed by atoms with Gasteiger partial charge in [0.15, 0.2) is 0 Å². The molecule has 1 aromatic rings. The summed E-state index contributed by atoms with van der Waals surface area (Å²) in [6.45, 7) is 1.46. The number of anilines is 2. The number of hydrogen-bond acceptors (Lipinski definition) is 6. The summed E-state index contributed by atoms with van der Waals surface area (Å²) in [7, 11) is 0. The zero-order valence-electron chi connectivity index (χ0n) is 10.0. The van der Waals surface area contributed by atoms with E-state index >= 15 is 0 Å². The summed E-state index contributed by atoms with van der Waals surface area (Å²) in [5.41, 5.74) is 5.59. The maximum atomic E-state index is 10.3. The Labute approximate surface area is 105 Å². The molecule has 6 nitrogen and oxygen atoms in total. The monoisotopic (exact) mass is 248 g/mol. The molecule has 0 aliphatic carbocycles. The van der Waals surface area contributed by atoms with E-state index in [2.05, 4.69) is 10.3 Å². The minimum absolute atomic E-state index is 0.349. The summed E-state index contributed by atoms with van der Waals surface area (Å²) in [4.78, 5) is 4.06. The minimum atomic E-state index is -0.798. The summed E-state index contributed by atoms with van der Waals surface area (Å²) in [6, 6.07) is 3.58. The lowest BCUT2D eigenvalue weighted by molar-refractivity contribution is -0.0543. The number of aromatic nitrogens is 1. The second-order valence-electron chi connectivity index (χ2n) is 4.47. The van der Waals surface area contributed by atoms with Crippen molar-refractivity contribution in [3.05, 3.63) is 17.8 Å². The molecular weight excluding hydrogens is 232 g/mol. The van der Waals surface area contributed by atoms with Crippen LogP contribution in [0.25, 0.3) is 0 Å². The number of nitriles is 1. The van der Waals surface area contributed by atoms with Gasteiger partial charge in [-0.3, -0.25) is 0 Å². The molecule has 1 aromatic heterocycles. The highest BCUT2D eigenvalue weighted by atomic mass is 16.5. The molecule has 1 fully saturated rings. The molecular formula is C12H16N4O2. The molecule has 0 spiro atoms. The zero-order valence-corrected chi connectivity index (χ0v) is 10.0. The zero-order chi connectivity index (χ0) is 13.0. The standard InChI is InChI=1S/C12H16N4O2/c13-6-9-5-10(14)7-15-11(9)16-8-12(17)1-3-18-4-2-12/h5,7,17H,1-4,8,14H2,(H,15,16). The Morgan fingerprint density at radius 3 is 2.94 bits per heavy atom. The van der Waals surface area contributed by atoms with Crippen LogP contribution < -0.4 is 11.1 Å². The Kier molecular flexibility index (Phi) is 3.65. The number of ether oxygens (including phenoxy) is 1. The normalized spacial score (nSPS) is 18.0. The first-order valence-corrected chi connectivity index (χ1v) is 5.83. The van der Waals surface area contributed by atoms with Crippen LogP contribution in [0.2, 0.25) is 0 Å². The van der Waals surface area contributed by atoms with E-state index in [9.17, 15) is 5.11 Å². The van der Waals surface area contributed by atoms with Gasteiger partial charge in [0.1, 0.15) is 11.9 Å². The van der Waals surface area contributed by atoms with E-state index in [0.29, 0.717) is 49.7 Å². The van der Waals surface area contributed by atoms with E-state index < -0.39 is 5.60 Å². The van der Waals surface area contributed by atoms with Crippen LogP contribution in [0.5, 0.6) is 0 Å². The fraction of sp³-hybridized carbons (Fsp3) is 0.500. The molecule has 1 aliphatic rings. The third-order valence-electron chi connectivity index (χ3n) is 3.04. The second kappa shape index (κ2) is 5.21. The molecule has 0 unspecified atom stereocenters. The number of pyridine rings is 1. The Morgan fingerprint density at radius 1 is 1.56 bits per heavy atom. The Hall–Kier alpha value is -1.84. The number of nitrogens with one attached hydrogen (secondary N) is 1. The maximum Gasteiger partial charge on any atom is 0.144 e. The Balaban J connectivity index is 2.04. The van der Waals surface area contributed by atoms with Crippen molar-refractivity contribution in [3.8, 4) is 6.07 Å². The van der Waals surface area contributed by atoms with Gasteiger partial charge in [-0.1, -0.05) is 0 Å². The van der Waals surface area contributed by atoms with Gasteiger partial charge >= 0.3 is 0 Å². The fourth-order valence-corrected chi connectivity index (χ4v) is 1.88. The van der Waals surface area contributed by atoms with Gasteiger partial charge in [0, 0.05) is 32.6 Å². The average Bonchev–Trinajstić information content (AvgIpc) is 2.38. The molecule has 1 saturated heterocycles. The van der Waals surface area contributed by atoms with E-state index in [4.69, 9.17) is 15.7 Å². The first-order valence-electron chi connectivity index (χ1n) is 5.83. The topological polar surface area (TPSA) is 104 Å². The lowest BCUT2D eigenvalue weighted by atomic mass is 9.94. The van der Waals surface area contributed by atoms with Crippen molar-refractivity contribution in [2.24, 2.45) is 0 Å². The summed E-state index contributed by atoms with van der Waals surface area (Å²) in [5.74, 6) is 0.451. The number of nitrogen functional groups attached to an aromatic ring is 1. The van der Waals surface area contributed by atoms with Crippen molar-refractivity contribution in [3.63, 3.8) is 0 Å². The van der Waals surface area contributed by atoms with Crippen LogP contribution in [-0.2, 0) is 4.74 Å². The number of hydrogen-bond donors (Lipinski definition) is 3. The molecule has 0 aromatic carbocycles. The Bertz CT molecular complexity index is 464. The van der Waals surface area contributed by atoms with Gasteiger partial charge in [0.25, 0.3) is 0 Å². The molecule has 0 amide bonds. The summed E-state index contributed by atoms with van der Waals surface area (Å²) < 4.78 is 5.21. The number of aliphatic hydroxyl groups is 1. The molecule has 0 bridgehead atoms. The van der Waals surface area contributed by atoms with Crippen molar-refractivity contribution in [2.75, 3.05) is 30.8 Å². The lowest BCUT2D eigenvalue weighted by Gasteiger charge is -2.32. The highest BCUT2D eigenvalue weighted by Gasteiger charge is 2.29. The van der Waals surface area contributed by atoms with E-state index in [1.54, 1.807) is 6.07 Å². The molecule has 96 valence electrons. The molecule has 0 radical (unpaired) electrons. The summed E-state index contributed by atoms with van der Waals surface area (Å²) in [5, 5.41) is 22.3. The number of nitrogens with zero attached hydrogens (tertiary/aromatic N) is 2. The quantitative estimate of drug-likeness (QED) is 0.719. The van der Waals surface area contributed by atoms with E-state index in [1.165, 1.54) is 6.20 Å². The van der Waals surface area contributed by atoms with Crippen LogP contribution in [-0.4, -0.2) is 35.5 Å². The van der Waals surface area contributed by atoms with Crippen LogP contribution in [0, 0.1) is 11.3 Å². The van der Waals surface area contributed by atoms with Gasteiger partial charge in [0.2, 0.25) is 0 Å². The molecule has 0 atom stereocenters. The highest BCUT2D eigenvalue weighted by molar-refractivity contribution is 5.57. The molecule has 2 heterocycles. The Morgan fingerprint density at radius 2 is 2.28 bits per heavy atom. The first kappa shape index (κ1) is 12.6. The maximum absolute atomic E-state index is 10.3. The van der Waals surface area contributed by atoms with Crippen LogP contribution in [0.3, 0.4) is 0 Å². The van der Waals surface area contributed by atoms with Crippen molar-refractivity contribution in [2.45, 2.75) is 18.4 Å². The molecule has 1 aliphatic heterocycles. The number of rotatable bonds is 3. The van der Waals surface area contributed by atoms with Gasteiger partial charge < -0.3 is 20.9 Å². The SMILES string of the molecule is N#Cc1cc(N)cnc1NCC1(O)CCOCC1. The van der Waals surface area contributed by atoms with E-state index in [-0.39, 0.29) is 0 Å². The lowest BCUT2D eigenvalue weighted by Crippen LogP contribution is -2.42. The third kappa shape index (κ3) is 2.88. The van der Waals surface area contributed by atoms with Gasteiger partial charge in [-0.2, -0.15) is 5.26 Å². The fourth-order valence-electron chi connectivity index (χ4n) is 1.88. The van der Waals surface area contributed by atoms with Crippen molar-refractivity contribution in [1.82, 2.24) is 4.98 Å². The summed E-state index contributed by atoms with van der Waals surface area (Å²) in [6.07, 6.45) is 2.64. The van der Waals surface area contributed by atoms with Crippen LogP contribution >= 0.6 is 0 Å². The van der Waals surface area contributed by atoms with Gasteiger partial charge in [0.05, 0.1) is 23.0 Å². The molecule has 4 N–H and O–H groups in total. The van der Waals surface area contributed by atoms with Gasteiger partial charge in [-0.05, 0) is 6.07 Å². The largest absolute Gasteiger partial charge is 0.397 e. The third-order valence-corrected chi connectivity index (χ3v) is 3.04. The van der Waals surface area contributed by atoms with Crippen LogP contribution in [0.4, 0.5) is 11.5 Å². The molecule has 2 rings (SSSR count). The minimum Gasteiger partial charge on any atom is -0.397 e. The van der Waals surface area contributed by atoms with Crippen molar-refractivity contribution < 1.29 is 9.84 Å². The van der Waals surface area contributed by atoms with E-state index in [1.807, 2.05) is 6.07 Å². The predicted octanol–water partition coefficient (Wildman–Crippen LogP) is 0.489. The van der Waals surface area contributed by atoms with Gasteiger partial charge in [-0.25, -0.2) is 4.98 Å². The van der Waals surface area contributed by atoms with Crippen LogP contribution in [0.1, 0.15) is 18.4 Å². The second-order valence-corrected chi connectivity index (χ2v) is 4.47. The van der Waals surface area contributed by atoms with E-state index in [0.717, 1.165) is 0 Å². The van der Waals surface area contributed by atoms with Crippen LogP contribution in [0.15, 0.2) is 12.3 Å². The molecule has 6 heteroatoms. The summed E-state index contributed by atoms with van der Waals surface area (Å²) >= 11 is 0. The molecule has 0 saturated carbocycles. The highest BCUT2D eigenvalue weighted by Crippen LogP contribution is 2.22. The predicted molar refractivity (Wildman–Crippen MR) is 66.9 cm³/mol. The van der Waals surface area contributed by atoms with Gasteiger partial charge in [-0.15, -0.1) is 0 Å².